The van der Waals surface area contributed by atoms with Crippen LogP contribution in [0.25, 0.3) is 0 Å². The van der Waals surface area contributed by atoms with Gasteiger partial charge in [-0.2, -0.15) is 0 Å². The molecule has 0 unspecified atom stereocenters. The molecule has 140 valence electrons. The molecule has 0 saturated heterocycles. The molecule has 3 aliphatic rings. The Hall–Kier alpha value is -1.46. The topological polar surface area (TPSA) is 46.6 Å². The van der Waals surface area contributed by atoms with E-state index in [0.29, 0.717) is 17.9 Å². The minimum absolute atomic E-state index is 0.0796. The first-order valence-corrected chi connectivity index (χ1v) is 9.84. The van der Waals surface area contributed by atoms with Gasteiger partial charge in [-0.25, -0.2) is 4.79 Å². The number of esters is 1. The van der Waals surface area contributed by atoms with Crippen LogP contribution in [-0.4, -0.2) is 18.4 Å². The molecule has 3 heterocycles. The predicted molar refractivity (Wildman–Crippen MR) is 106 cm³/mol. The lowest BCUT2D eigenvalue weighted by atomic mass is 10.00. The van der Waals surface area contributed by atoms with Gasteiger partial charge in [0.05, 0.1) is 31.3 Å². The predicted octanol–water partition coefficient (Wildman–Crippen LogP) is 5.49. The minimum Gasteiger partial charge on any atom is -0.457 e. The first kappa shape index (κ1) is 18.9. The fourth-order valence-electron chi connectivity index (χ4n) is 3.60. The van der Waals surface area contributed by atoms with E-state index in [1.807, 2.05) is 4.90 Å². The maximum absolute atomic E-state index is 11.5. The van der Waals surface area contributed by atoms with Gasteiger partial charge in [-0.05, 0) is 24.0 Å². The van der Waals surface area contributed by atoms with Crippen molar-refractivity contribution in [2.75, 3.05) is 11.4 Å². The molecule has 3 aliphatic heterocycles. The summed E-state index contributed by atoms with van der Waals surface area (Å²) in [4.78, 5) is 24.7. The Labute approximate surface area is 175 Å². The van der Waals surface area contributed by atoms with E-state index >= 15 is 0 Å². The number of hydrogen-bond donors (Lipinski definition) is 0. The molecule has 27 heavy (non-hydrogen) atoms. The van der Waals surface area contributed by atoms with Crippen molar-refractivity contribution in [3.63, 3.8) is 0 Å². The van der Waals surface area contributed by atoms with Crippen LogP contribution in [-0.2, 0) is 29.0 Å². The number of fused-ring (bicyclic) bond motifs is 1. The first-order chi connectivity index (χ1) is 12.9. The first-order valence-electron chi connectivity index (χ1n) is 8.33. The summed E-state index contributed by atoms with van der Waals surface area (Å²) in [5, 5.41) is 0.548. The lowest BCUT2D eigenvalue weighted by molar-refractivity contribution is -0.118. The van der Waals surface area contributed by atoms with Crippen LogP contribution in [0, 0.1) is 0 Å². The van der Waals surface area contributed by atoms with E-state index < -0.39 is 5.97 Å². The molecule has 0 fully saturated rings. The van der Waals surface area contributed by atoms with Crippen LogP contribution < -0.4 is 4.90 Å². The number of nitrogens with zero attached hydrogens (tertiary/aromatic N) is 1. The van der Waals surface area contributed by atoms with Gasteiger partial charge in [-0.1, -0.05) is 64.6 Å². The molecule has 2 aromatic carbocycles. The van der Waals surface area contributed by atoms with Gasteiger partial charge in [0.2, 0.25) is 5.91 Å². The number of ether oxygens (including phenoxy) is 1. The molecule has 0 radical (unpaired) electrons. The number of halogens is 4. The van der Waals surface area contributed by atoms with E-state index in [1.54, 1.807) is 0 Å². The molecule has 0 bridgehead atoms. The number of carbonyl (C=O) groups is 2. The van der Waals surface area contributed by atoms with Gasteiger partial charge in [-0.3, -0.25) is 4.79 Å². The molecule has 0 atom stereocenters. The second kappa shape index (κ2) is 7.17. The molecule has 1 amide bonds. The zero-order valence-electron chi connectivity index (χ0n) is 14.0. The van der Waals surface area contributed by atoms with E-state index in [9.17, 15) is 9.59 Å². The molecule has 0 spiro atoms. The number of amides is 1. The van der Waals surface area contributed by atoms with E-state index in [-0.39, 0.29) is 32.3 Å². The summed E-state index contributed by atoms with van der Waals surface area (Å²) in [6, 6.07) is 6.38. The number of cyclic esters (lactones) is 1. The summed E-state index contributed by atoms with van der Waals surface area (Å²) in [6.07, 6.45) is 2.66. The van der Waals surface area contributed by atoms with Crippen molar-refractivity contribution in [1.29, 1.82) is 0 Å². The molecular formula is C19H13Cl4NO3. The van der Waals surface area contributed by atoms with Crippen molar-refractivity contribution >= 4 is 64.0 Å². The maximum atomic E-state index is 11.5. The van der Waals surface area contributed by atoms with Gasteiger partial charge >= 0.3 is 5.97 Å². The quantitative estimate of drug-likeness (QED) is 0.306. The Balaban J connectivity index is 0.000000134. The molecule has 0 saturated carbocycles. The fraction of sp³-hybridized carbons (Fsp3) is 0.263. The van der Waals surface area contributed by atoms with E-state index in [4.69, 9.17) is 51.1 Å². The second-order valence-corrected chi connectivity index (χ2v) is 7.92. The number of para-hydroxylation sites is 1. The molecule has 2 aromatic rings. The van der Waals surface area contributed by atoms with Gasteiger partial charge in [-0.15, -0.1) is 0 Å². The number of carbonyl (C=O) groups excluding carboxylic acids is 2. The SMILES string of the molecule is O=C1CCc2cccc3c2N1CC3.O=C1OCc2c(Cl)c(Cl)c(Cl)c(Cl)c21. The molecule has 0 aliphatic carbocycles. The van der Waals surface area contributed by atoms with Gasteiger partial charge in [0, 0.05) is 18.5 Å². The lowest BCUT2D eigenvalue weighted by Gasteiger charge is -2.24. The molecule has 5 rings (SSSR count). The van der Waals surface area contributed by atoms with Crippen molar-refractivity contribution in [2.24, 2.45) is 0 Å². The van der Waals surface area contributed by atoms with Gasteiger partial charge in [0.1, 0.15) is 6.61 Å². The van der Waals surface area contributed by atoms with Crippen molar-refractivity contribution in [3.05, 3.63) is 60.5 Å². The highest BCUT2D eigenvalue weighted by Gasteiger charge is 2.31. The number of benzene rings is 2. The molecule has 8 heteroatoms. The van der Waals surface area contributed by atoms with Crippen molar-refractivity contribution in [2.45, 2.75) is 25.9 Å². The minimum atomic E-state index is -0.523. The Morgan fingerprint density at radius 3 is 2.26 bits per heavy atom. The third-order valence-corrected chi connectivity index (χ3v) is 6.74. The average molecular weight is 445 g/mol. The van der Waals surface area contributed by atoms with E-state index in [1.165, 1.54) is 16.8 Å². The fourth-order valence-corrected chi connectivity index (χ4v) is 4.62. The maximum Gasteiger partial charge on any atom is 0.340 e. The summed E-state index contributed by atoms with van der Waals surface area (Å²) >= 11 is 23.3. The third kappa shape index (κ3) is 3.09. The van der Waals surface area contributed by atoms with Crippen LogP contribution in [0.4, 0.5) is 5.69 Å². The summed E-state index contributed by atoms with van der Waals surface area (Å²) in [5.41, 5.74) is 4.64. The average Bonchev–Trinajstić information content (AvgIpc) is 3.27. The highest BCUT2D eigenvalue weighted by atomic mass is 35.5. The zero-order valence-corrected chi connectivity index (χ0v) is 17.0. The second-order valence-electron chi connectivity index (χ2n) is 6.41. The Kier molecular flexibility index (Phi) is 5.02. The molecular weight excluding hydrogens is 432 g/mol. The highest BCUT2D eigenvalue weighted by Crippen LogP contribution is 2.44. The summed E-state index contributed by atoms with van der Waals surface area (Å²) in [6.45, 7) is 0.981. The smallest absolute Gasteiger partial charge is 0.340 e. The van der Waals surface area contributed by atoms with Crippen LogP contribution in [0.15, 0.2) is 18.2 Å². The van der Waals surface area contributed by atoms with Crippen LogP contribution >= 0.6 is 46.4 Å². The number of aryl methyl sites for hydroxylation is 1. The number of anilines is 1. The Bertz CT molecular complexity index is 990. The van der Waals surface area contributed by atoms with Crippen LogP contribution in [0.1, 0.15) is 33.5 Å². The largest absolute Gasteiger partial charge is 0.457 e. The Morgan fingerprint density at radius 2 is 1.52 bits per heavy atom. The lowest BCUT2D eigenvalue weighted by Crippen LogP contribution is -2.32. The normalized spacial score (nSPS) is 16.5. The zero-order chi connectivity index (χ0) is 19.3. The van der Waals surface area contributed by atoms with Gasteiger partial charge in [0.15, 0.2) is 0 Å². The van der Waals surface area contributed by atoms with Crippen molar-refractivity contribution in [3.8, 4) is 0 Å². The van der Waals surface area contributed by atoms with Crippen molar-refractivity contribution < 1.29 is 14.3 Å². The van der Waals surface area contributed by atoms with Crippen LogP contribution in [0.5, 0.6) is 0 Å². The van der Waals surface area contributed by atoms with Crippen LogP contribution in [0.3, 0.4) is 0 Å². The molecule has 0 aromatic heterocycles. The summed E-state index contributed by atoms with van der Waals surface area (Å²) in [7, 11) is 0. The summed E-state index contributed by atoms with van der Waals surface area (Å²) < 4.78 is 4.77. The monoisotopic (exact) mass is 443 g/mol. The molecule has 0 N–H and O–H groups in total. The standard InChI is InChI=1S/C11H11NO.C8H2Cl4O2/c13-10-5-4-8-2-1-3-9-6-7-12(10)11(8)9;9-4-2-1-14-8(13)3(2)5(10)7(12)6(4)11/h1-3H,4-7H2;1H2. The highest BCUT2D eigenvalue weighted by molar-refractivity contribution is 6.53. The van der Waals surface area contributed by atoms with Gasteiger partial charge < -0.3 is 9.64 Å². The summed E-state index contributed by atoms with van der Waals surface area (Å²) in [5.74, 6) is -0.220. The number of hydrogen-bond acceptors (Lipinski definition) is 3. The van der Waals surface area contributed by atoms with Crippen LogP contribution in [0.2, 0.25) is 20.1 Å². The number of rotatable bonds is 0. The van der Waals surface area contributed by atoms with E-state index in [2.05, 4.69) is 18.2 Å². The van der Waals surface area contributed by atoms with E-state index in [0.717, 1.165) is 19.4 Å². The Morgan fingerprint density at radius 1 is 0.852 bits per heavy atom. The molecule has 4 nitrogen and oxygen atoms in total. The third-order valence-electron chi connectivity index (χ3n) is 4.90. The van der Waals surface area contributed by atoms with Crippen molar-refractivity contribution in [1.82, 2.24) is 0 Å². The van der Waals surface area contributed by atoms with Gasteiger partial charge in [0.25, 0.3) is 0 Å².